The SMILES string of the molecule is C=C(C=Cc1ccccc1)OC1C(OC(=O)c2cc(O)c(O)c(O)c2)OC(COC(=O)c2cc(O)c(O)c(O)c2)C(O)C1O. The van der Waals surface area contributed by atoms with Crippen molar-refractivity contribution in [3.05, 3.63) is 89.7 Å². The topological polar surface area (TPSA) is 233 Å². The summed E-state index contributed by atoms with van der Waals surface area (Å²) in [5, 5.41) is 79.7. The summed E-state index contributed by atoms with van der Waals surface area (Å²) in [6.45, 7) is 3.00. The van der Waals surface area contributed by atoms with Gasteiger partial charge in [-0.15, -0.1) is 0 Å². The number of aliphatic hydroxyl groups excluding tert-OH is 2. The number of carbonyl (C=O) groups excluding carboxylic acids is 2. The third-order valence-electron chi connectivity index (χ3n) is 6.41. The lowest BCUT2D eigenvalue weighted by Crippen LogP contribution is -2.60. The molecule has 1 fully saturated rings. The monoisotopic (exact) mass is 612 g/mol. The molecule has 5 atom stereocenters. The molecule has 0 aromatic heterocycles. The summed E-state index contributed by atoms with van der Waals surface area (Å²) in [5.74, 6) is -7.39. The van der Waals surface area contributed by atoms with Crippen molar-refractivity contribution in [1.82, 2.24) is 0 Å². The molecule has 1 heterocycles. The Balaban J connectivity index is 1.54. The van der Waals surface area contributed by atoms with Crippen LogP contribution in [0.15, 0.2) is 73.0 Å². The van der Waals surface area contributed by atoms with E-state index in [1.807, 2.05) is 6.07 Å². The van der Waals surface area contributed by atoms with Gasteiger partial charge in [-0.2, -0.15) is 0 Å². The van der Waals surface area contributed by atoms with Crippen LogP contribution < -0.4 is 0 Å². The number of ether oxygens (including phenoxy) is 4. The first-order chi connectivity index (χ1) is 20.8. The minimum atomic E-state index is -1.82. The van der Waals surface area contributed by atoms with Crippen molar-refractivity contribution in [2.24, 2.45) is 0 Å². The van der Waals surface area contributed by atoms with Crippen LogP contribution in [-0.2, 0) is 18.9 Å². The van der Waals surface area contributed by atoms with Crippen LogP contribution in [0.4, 0.5) is 0 Å². The fourth-order valence-electron chi connectivity index (χ4n) is 4.09. The number of hydrogen-bond donors (Lipinski definition) is 8. The van der Waals surface area contributed by atoms with Gasteiger partial charge in [0.25, 0.3) is 0 Å². The second kappa shape index (κ2) is 13.2. The van der Waals surface area contributed by atoms with Crippen LogP contribution in [-0.4, -0.2) is 90.1 Å². The molecule has 5 unspecified atom stereocenters. The van der Waals surface area contributed by atoms with Crippen molar-refractivity contribution in [2.45, 2.75) is 30.7 Å². The lowest BCUT2D eigenvalue weighted by atomic mass is 9.99. The molecule has 1 aliphatic rings. The van der Waals surface area contributed by atoms with E-state index < -0.39 is 89.3 Å². The predicted octanol–water partition coefficient (Wildman–Crippen LogP) is 1.99. The number of phenols is 6. The molecule has 3 aromatic carbocycles. The van der Waals surface area contributed by atoms with Crippen molar-refractivity contribution >= 4 is 18.0 Å². The third kappa shape index (κ3) is 7.12. The van der Waals surface area contributed by atoms with E-state index >= 15 is 0 Å². The van der Waals surface area contributed by atoms with E-state index in [0.29, 0.717) is 0 Å². The number of aromatic hydroxyl groups is 6. The summed E-state index contributed by atoms with van der Waals surface area (Å²) in [6.07, 6.45) is -5.45. The number of hydrogen-bond acceptors (Lipinski definition) is 14. The Labute approximate surface area is 249 Å². The molecule has 14 heteroatoms. The molecule has 232 valence electrons. The smallest absolute Gasteiger partial charge is 0.340 e. The quantitative estimate of drug-likeness (QED) is 0.0747. The number of benzene rings is 3. The zero-order chi connectivity index (χ0) is 32.1. The number of allylic oxidation sites excluding steroid dienone is 1. The van der Waals surface area contributed by atoms with Crippen LogP contribution in [0.5, 0.6) is 34.5 Å². The number of esters is 2. The molecular formula is C30H28O14. The van der Waals surface area contributed by atoms with Crippen molar-refractivity contribution in [3.8, 4) is 34.5 Å². The minimum absolute atomic E-state index is 0.0357. The molecule has 3 aromatic rings. The van der Waals surface area contributed by atoms with Crippen molar-refractivity contribution < 1.29 is 69.4 Å². The van der Waals surface area contributed by atoms with E-state index in [0.717, 1.165) is 29.8 Å². The van der Waals surface area contributed by atoms with Crippen LogP contribution in [0.3, 0.4) is 0 Å². The highest BCUT2D eigenvalue weighted by atomic mass is 16.7. The average molecular weight is 613 g/mol. The van der Waals surface area contributed by atoms with Crippen LogP contribution in [0.1, 0.15) is 26.3 Å². The zero-order valence-corrected chi connectivity index (χ0v) is 22.7. The summed E-state index contributed by atoms with van der Waals surface area (Å²) in [6, 6.07) is 12.2. The first-order valence-electron chi connectivity index (χ1n) is 12.8. The van der Waals surface area contributed by atoms with Gasteiger partial charge in [0, 0.05) is 0 Å². The highest BCUT2D eigenvalue weighted by Gasteiger charge is 2.48. The Morgan fingerprint density at radius 3 is 1.84 bits per heavy atom. The van der Waals surface area contributed by atoms with E-state index in [-0.39, 0.29) is 11.3 Å². The van der Waals surface area contributed by atoms with Crippen LogP contribution in [0, 0.1) is 0 Å². The fraction of sp³-hybridized carbons (Fsp3) is 0.200. The molecule has 1 saturated heterocycles. The second-order valence-electron chi connectivity index (χ2n) is 9.55. The Morgan fingerprint density at radius 1 is 0.773 bits per heavy atom. The van der Waals surface area contributed by atoms with Gasteiger partial charge in [-0.05, 0) is 35.9 Å². The summed E-state index contributed by atoms with van der Waals surface area (Å²) >= 11 is 0. The molecule has 14 nitrogen and oxygen atoms in total. The van der Waals surface area contributed by atoms with Gasteiger partial charge in [0.05, 0.1) is 11.1 Å². The molecule has 1 aliphatic heterocycles. The van der Waals surface area contributed by atoms with Crippen LogP contribution in [0.2, 0.25) is 0 Å². The minimum Gasteiger partial charge on any atom is -0.504 e. The molecule has 4 rings (SSSR count). The number of carbonyl (C=O) groups is 2. The van der Waals surface area contributed by atoms with Gasteiger partial charge in [-0.25, -0.2) is 9.59 Å². The molecule has 0 radical (unpaired) electrons. The summed E-state index contributed by atoms with van der Waals surface area (Å²) < 4.78 is 21.7. The summed E-state index contributed by atoms with van der Waals surface area (Å²) in [5.41, 5.74) is -0.0236. The molecule has 0 saturated carbocycles. The molecule has 0 amide bonds. The van der Waals surface area contributed by atoms with Gasteiger partial charge in [-0.1, -0.05) is 43.0 Å². The van der Waals surface area contributed by atoms with E-state index in [9.17, 15) is 50.4 Å². The molecule has 44 heavy (non-hydrogen) atoms. The van der Waals surface area contributed by atoms with E-state index in [1.165, 1.54) is 6.08 Å². The van der Waals surface area contributed by atoms with Crippen molar-refractivity contribution in [2.75, 3.05) is 6.61 Å². The van der Waals surface area contributed by atoms with Crippen LogP contribution >= 0.6 is 0 Å². The normalized spacial score (nSPS) is 21.5. The van der Waals surface area contributed by atoms with Gasteiger partial charge in [0.2, 0.25) is 6.29 Å². The predicted molar refractivity (Wildman–Crippen MR) is 149 cm³/mol. The first kappa shape index (κ1) is 31.5. The average Bonchev–Trinajstić information content (AvgIpc) is 3.00. The zero-order valence-electron chi connectivity index (χ0n) is 22.7. The standard InChI is InChI=1S/C30H28O14/c1-14(7-8-15-5-3-2-4-6-15)42-27-26(38)25(37)22(13-41-28(39)16-9-18(31)23(35)19(32)10-16)43-30(27)44-29(40)17-11-20(33)24(36)21(34)12-17/h2-12,22,25-27,30-38H,1,13H2. The van der Waals surface area contributed by atoms with E-state index in [4.69, 9.17) is 18.9 Å². The first-order valence-corrected chi connectivity index (χ1v) is 12.8. The Hall–Kier alpha value is -5.44. The lowest BCUT2D eigenvalue weighted by molar-refractivity contribution is -0.287. The van der Waals surface area contributed by atoms with Gasteiger partial charge >= 0.3 is 11.9 Å². The molecule has 0 bridgehead atoms. The third-order valence-corrected chi connectivity index (χ3v) is 6.41. The summed E-state index contributed by atoms with van der Waals surface area (Å²) in [4.78, 5) is 25.4. The number of phenolic OH excluding ortho intramolecular Hbond substituents is 6. The van der Waals surface area contributed by atoms with Crippen molar-refractivity contribution in [1.29, 1.82) is 0 Å². The summed E-state index contributed by atoms with van der Waals surface area (Å²) in [7, 11) is 0. The Bertz CT molecular complexity index is 1520. The highest BCUT2D eigenvalue weighted by molar-refractivity contribution is 5.91. The van der Waals surface area contributed by atoms with Gasteiger partial charge in [0.15, 0.2) is 40.6 Å². The van der Waals surface area contributed by atoms with Crippen molar-refractivity contribution in [3.63, 3.8) is 0 Å². The van der Waals surface area contributed by atoms with Gasteiger partial charge < -0.3 is 59.8 Å². The molecule has 8 N–H and O–H groups in total. The maximum atomic E-state index is 12.9. The maximum absolute atomic E-state index is 12.9. The molecule has 0 spiro atoms. The highest BCUT2D eigenvalue weighted by Crippen LogP contribution is 2.37. The Morgan fingerprint density at radius 2 is 1.30 bits per heavy atom. The van der Waals surface area contributed by atoms with Gasteiger partial charge in [0.1, 0.15) is 30.7 Å². The molecule has 0 aliphatic carbocycles. The van der Waals surface area contributed by atoms with Gasteiger partial charge in [-0.3, -0.25) is 0 Å². The lowest BCUT2D eigenvalue weighted by Gasteiger charge is -2.41. The van der Waals surface area contributed by atoms with E-state index in [2.05, 4.69) is 6.58 Å². The Kier molecular flexibility index (Phi) is 9.48. The molecular weight excluding hydrogens is 584 g/mol. The second-order valence-corrected chi connectivity index (χ2v) is 9.55. The maximum Gasteiger partial charge on any atom is 0.340 e. The number of rotatable bonds is 9. The number of aliphatic hydroxyl groups is 2. The van der Waals surface area contributed by atoms with E-state index in [1.54, 1.807) is 30.3 Å². The van der Waals surface area contributed by atoms with Crippen LogP contribution in [0.25, 0.3) is 6.08 Å². The fourth-order valence-corrected chi connectivity index (χ4v) is 4.09. The largest absolute Gasteiger partial charge is 0.504 e.